The van der Waals surface area contributed by atoms with Crippen molar-refractivity contribution in [3.63, 3.8) is 0 Å². The zero-order valence-corrected chi connectivity index (χ0v) is 13.8. The van der Waals surface area contributed by atoms with E-state index in [4.69, 9.17) is 16.3 Å². The number of nitrogens with one attached hydrogen (secondary N) is 1. The van der Waals surface area contributed by atoms with Gasteiger partial charge in [0.25, 0.3) is 0 Å². The second kappa shape index (κ2) is 6.40. The molecule has 0 unspecified atom stereocenters. The highest BCUT2D eigenvalue weighted by Gasteiger charge is 2.12. The maximum atomic E-state index is 6.13. The molecule has 21 heavy (non-hydrogen) atoms. The van der Waals surface area contributed by atoms with Crippen LogP contribution in [0.4, 0.5) is 5.69 Å². The number of rotatable bonds is 4. The van der Waals surface area contributed by atoms with Crippen molar-refractivity contribution in [1.82, 2.24) is 0 Å². The summed E-state index contributed by atoms with van der Waals surface area (Å²) >= 11 is 6.13. The number of anilines is 1. The Kier molecular flexibility index (Phi) is 4.79. The SMILES string of the molecule is COc1ccc(CNc2ccc(C(C)(C)C)cc2)cc1Cl. The summed E-state index contributed by atoms with van der Waals surface area (Å²) in [4.78, 5) is 0. The molecule has 0 amide bonds. The van der Waals surface area contributed by atoms with Gasteiger partial charge < -0.3 is 10.1 Å². The lowest BCUT2D eigenvalue weighted by atomic mass is 9.87. The van der Waals surface area contributed by atoms with Crippen LogP contribution in [0.2, 0.25) is 5.02 Å². The van der Waals surface area contributed by atoms with Crippen LogP contribution < -0.4 is 10.1 Å². The van der Waals surface area contributed by atoms with Crippen LogP contribution in [0.15, 0.2) is 42.5 Å². The summed E-state index contributed by atoms with van der Waals surface area (Å²) in [6, 6.07) is 14.4. The van der Waals surface area contributed by atoms with E-state index in [2.05, 4.69) is 50.4 Å². The summed E-state index contributed by atoms with van der Waals surface area (Å²) in [5.74, 6) is 0.704. The van der Waals surface area contributed by atoms with Gasteiger partial charge in [0.05, 0.1) is 12.1 Å². The molecular formula is C18H22ClNO. The van der Waals surface area contributed by atoms with Crippen molar-refractivity contribution in [3.8, 4) is 5.75 Å². The summed E-state index contributed by atoms with van der Waals surface area (Å²) in [6.07, 6.45) is 0. The maximum absolute atomic E-state index is 6.13. The Morgan fingerprint density at radius 3 is 2.24 bits per heavy atom. The van der Waals surface area contributed by atoms with Crippen molar-refractivity contribution < 1.29 is 4.74 Å². The second-order valence-corrected chi connectivity index (χ2v) is 6.56. The number of ether oxygens (including phenoxy) is 1. The maximum Gasteiger partial charge on any atom is 0.137 e. The summed E-state index contributed by atoms with van der Waals surface area (Å²) in [5, 5.41) is 4.04. The lowest BCUT2D eigenvalue weighted by Crippen LogP contribution is -2.10. The van der Waals surface area contributed by atoms with Crippen LogP contribution in [0.1, 0.15) is 31.9 Å². The van der Waals surface area contributed by atoms with Crippen LogP contribution in [0.3, 0.4) is 0 Å². The quantitative estimate of drug-likeness (QED) is 0.832. The molecule has 1 N–H and O–H groups in total. The lowest BCUT2D eigenvalue weighted by molar-refractivity contribution is 0.415. The van der Waals surface area contributed by atoms with E-state index in [0.29, 0.717) is 10.8 Å². The molecule has 0 aromatic heterocycles. The Bertz CT molecular complexity index is 600. The number of hydrogen-bond donors (Lipinski definition) is 1. The third kappa shape index (κ3) is 4.15. The van der Waals surface area contributed by atoms with E-state index in [1.165, 1.54) is 5.56 Å². The van der Waals surface area contributed by atoms with Crippen molar-refractivity contribution in [3.05, 3.63) is 58.6 Å². The molecule has 112 valence electrons. The van der Waals surface area contributed by atoms with Gasteiger partial charge in [-0.25, -0.2) is 0 Å². The van der Waals surface area contributed by atoms with Gasteiger partial charge >= 0.3 is 0 Å². The Hall–Kier alpha value is -1.67. The highest BCUT2D eigenvalue weighted by Crippen LogP contribution is 2.26. The van der Waals surface area contributed by atoms with Crippen molar-refractivity contribution in [2.75, 3.05) is 12.4 Å². The number of benzene rings is 2. The zero-order valence-electron chi connectivity index (χ0n) is 13.0. The molecule has 0 heterocycles. The van der Waals surface area contributed by atoms with E-state index in [1.807, 2.05) is 18.2 Å². The van der Waals surface area contributed by atoms with Gasteiger partial charge in [0.15, 0.2) is 0 Å². The minimum atomic E-state index is 0.183. The molecule has 3 heteroatoms. The van der Waals surface area contributed by atoms with Crippen LogP contribution in [0.5, 0.6) is 5.75 Å². The molecule has 0 saturated carbocycles. The molecule has 0 aliphatic heterocycles. The minimum absolute atomic E-state index is 0.183. The fraction of sp³-hybridized carbons (Fsp3) is 0.333. The van der Waals surface area contributed by atoms with Gasteiger partial charge in [0.1, 0.15) is 5.75 Å². The fourth-order valence-corrected chi connectivity index (χ4v) is 2.39. The molecule has 2 aromatic rings. The molecule has 0 radical (unpaired) electrons. The molecule has 0 aliphatic carbocycles. The lowest BCUT2D eigenvalue weighted by Gasteiger charge is -2.19. The predicted octanol–water partition coefficient (Wildman–Crippen LogP) is 5.26. The van der Waals surface area contributed by atoms with Gasteiger partial charge in [-0.05, 0) is 40.8 Å². The molecule has 0 saturated heterocycles. The van der Waals surface area contributed by atoms with Crippen LogP contribution >= 0.6 is 11.6 Å². The first-order chi connectivity index (χ1) is 9.90. The van der Waals surface area contributed by atoms with Gasteiger partial charge in [-0.1, -0.05) is 50.6 Å². The number of methoxy groups -OCH3 is 1. The topological polar surface area (TPSA) is 21.3 Å². The molecule has 0 aliphatic rings. The second-order valence-electron chi connectivity index (χ2n) is 6.15. The minimum Gasteiger partial charge on any atom is -0.495 e. The first-order valence-corrected chi connectivity index (χ1v) is 7.45. The predicted molar refractivity (Wildman–Crippen MR) is 90.5 cm³/mol. The van der Waals surface area contributed by atoms with Crippen molar-refractivity contribution in [1.29, 1.82) is 0 Å². The van der Waals surface area contributed by atoms with E-state index < -0.39 is 0 Å². The average molecular weight is 304 g/mol. The molecule has 2 rings (SSSR count). The first-order valence-electron chi connectivity index (χ1n) is 7.07. The third-order valence-electron chi connectivity index (χ3n) is 3.46. The zero-order chi connectivity index (χ0) is 15.5. The summed E-state index contributed by atoms with van der Waals surface area (Å²) in [6.45, 7) is 7.39. The Morgan fingerprint density at radius 2 is 1.71 bits per heavy atom. The van der Waals surface area contributed by atoms with Gasteiger partial charge in [0.2, 0.25) is 0 Å². The van der Waals surface area contributed by atoms with Crippen LogP contribution in [0, 0.1) is 0 Å². The van der Waals surface area contributed by atoms with Crippen molar-refractivity contribution in [2.24, 2.45) is 0 Å². The van der Waals surface area contributed by atoms with E-state index in [-0.39, 0.29) is 5.41 Å². The smallest absolute Gasteiger partial charge is 0.137 e. The Labute approximate surface area is 132 Å². The summed E-state index contributed by atoms with van der Waals surface area (Å²) in [7, 11) is 1.62. The average Bonchev–Trinajstić information content (AvgIpc) is 2.45. The normalized spacial score (nSPS) is 11.3. The van der Waals surface area contributed by atoms with Gasteiger partial charge in [-0.15, -0.1) is 0 Å². The molecular weight excluding hydrogens is 282 g/mol. The monoisotopic (exact) mass is 303 g/mol. The molecule has 2 aromatic carbocycles. The standard InChI is InChI=1S/C18H22ClNO/c1-18(2,3)14-6-8-15(9-7-14)20-12-13-5-10-17(21-4)16(19)11-13/h5-11,20H,12H2,1-4H3. The molecule has 0 spiro atoms. The van der Waals surface area contributed by atoms with Crippen molar-refractivity contribution >= 4 is 17.3 Å². The first kappa shape index (κ1) is 15.7. The van der Waals surface area contributed by atoms with Crippen molar-refractivity contribution in [2.45, 2.75) is 32.7 Å². The fourth-order valence-electron chi connectivity index (χ4n) is 2.11. The summed E-state index contributed by atoms with van der Waals surface area (Å²) in [5.41, 5.74) is 3.75. The Morgan fingerprint density at radius 1 is 1.05 bits per heavy atom. The highest BCUT2D eigenvalue weighted by atomic mass is 35.5. The van der Waals surface area contributed by atoms with Gasteiger partial charge in [0, 0.05) is 12.2 Å². The van der Waals surface area contributed by atoms with E-state index >= 15 is 0 Å². The number of hydrogen-bond acceptors (Lipinski definition) is 2. The molecule has 0 fully saturated rings. The summed E-state index contributed by atoms with van der Waals surface area (Å²) < 4.78 is 5.16. The van der Waals surface area contributed by atoms with Gasteiger partial charge in [-0.3, -0.25) is 0 Å². The highest BCUT2D eigenvalue weighted by molar-refractivity contribution is 6.32. The van der Waals surface area contributed by atoms with Crippen LogP contribution in [-0.2, 0) is 12.0 Å². The van der Waals surface area contributed by atoms with E-state index in [1.54, 1.807) is 7.11 Å². The molecule has 0 bridgehead atoms. The molecule has 2 nitrogen and oxygen atoms in total. The Balaban J connectivity index is 2.01. The third-order valence-corrected chi connectivity index (χ3v) is 3.76. The molecule has 0 atom stereocenters. The number of halogens is 1. The van der Waals surface area contributed by atoms with E-state index in [9.17, 15) is 0 Å². The van der Waals surface area contributed by atoms with Gasteiger partial charge in [-0.2, -0.15) is 0 Å². The largest absolute Gasteiger partial charge is 0.495 e. The van der Waals surface area contributed by atoms with E-state index in [0.717, 1.165) is 17.8 Å². The van der Waals surface area contributed by atoms with Crippen LogP contribution in [0.25, 0.3) is 0 Å². The van der Waals surface area contributed by atoms with Crippen LogP contribution in [-0.4, -0.2) is 7.11 Å².